The molecule has 3 aromatic rings. The maximum Gasteiger partial charge on any atom is 0.255 e. The normalized spacial score (nSPS) is 10.4. The number of pyridine rings is 1. The summed E-state index contributed by atoms with van der Waals surface area (Å²) in [5, 5.41) is 6.43. The number of rotatable bonds is 6. The van der Waals surface area contributed by atoms with Crippen LogP contribution in [0.1, 0.15) is 15.9 Å². The van der Waals surface area contributed by atoms with Crippen molar-refractivity contribution in [1.82, 2.24) is 4.98 Å². The molecule has 0 aliphatic heterocycles. The van der Waals surface area contributed by atoms with Crippen molar-refractivity contribution in [2.24, 2.45) is 0 Å². The summed E-state index contributed by atoms with van der Waals surface area (Å²) in [6, 6.07) is 16.7. The molecule has 0 saturated carbocycles. The van der Waals surface area contributed by atoms with Gasteiger partial charge in [-0.1, -0.05) is 35.9 Å². The second-order valence-electron chi connectivity index (χ2n) is 5.67. The zero-order valence-electron chi connectivity index (χ0n) is 13.9. The Bertz CT molecular complexity index is 900. The van der Waals surface area contributed by atoms with Crippen molar-refractivity contribution in [1.29, 1.82) is 0 Å². The summed E-state index contributed by atoms with van der Waals surface area (Å²) >= 11 is 6.06. The van der Waals surface area contributed by atoms with Crippen LogP contribution in [-0.2, 0) is 6.42 Å². The van der Waals surface area contributed by atoms with Crippen molar-refractivity contribution < 1.29 is 9.18 Å². The molecule has 0 bridgehead atoms. The van der Waals surface area contributed by atoms with Crippen molar-refractivity contribution in [3.05, 3.63) is 88.8 Å². The van der Waals surface area contributed by atoms with Crippen LogP contribution in [0.15, 0.2) is 66.9 Å². The van der Waals surface area contributed by atoms with Crippen LogP contribution in [0, 0.1) is 5.82 Å². The Labute approximate surface area is 156 Å². The number of benzene rings is 2. The van der Waals surface area contributed by atoms with Crippen LogP contribution in [0.2, 0.25) is 5.02 Å². The summed E-state index contributed by atoms with van der Waals surface area (Å²) in [7, 11) is 0. The van der Waals surface area contributed by atoms with Crippen molar-refractivity contribution in [3.8, 4) is 0 Å². The van der Waals surface area contributed by atoms with E-state index in [0.717, 1.165) is 12.0 Å². The summed E-state index contributed by atoms with van der Waals surface area (Å²) in [5.74, 6) is 0.0848. The lowest BCUT2D eigenvalue weighted by Crippen LogP contribution is -2.13. The SMILES string of the molecule is O=C(Nc1ccccc1Cl)c1ccnc(NCCc2ccc(F)cc2)c1. The van der Waals surface area contributed by atoms with Gasteiger partial charge in [0.05, 0.1) is 10.7 Å². The molecule has 132 valence electrons. The maximum atomic E-state index is 12.9. The fourth-order valence-corrected chi connectivity index (χ4v) is 2.59. The number of nitrogens with zero attached hydrogens (tertiary/aromatic N) is 1. The van der Waals surface area contributed by atoms with Gasteiger partial charge in [-0.05, 0) is 48.4 Å². The van der Waals surface area contributed by atoms with Crippen LogP contribution in [0.5, 0.6) is 0 Å². The van der Waals surface area contributed by atoms with Crippen LogP contribution in [0.3, 0.4) is 0 Å². The van der Waals surface area contributed by atoms with E-state index in [1.807, 2.05) is 0 Å². The number of aromatic nitrogens is 1. The van der Waals surface area contributed by atoms with Gasteiger partial charge in [-0.2, -0.15) is 0 Å². The van der Waals surface area contributed by atoms with E-state index in [1.165, 1.54) is 12.1 Å². The lowest BCUT2D eigenvalue weighted by molar-refractivity contribution is 0.102. The average molecular weight is 370 g/mol. The molecule has 2 aromatic carbocycles. The van der Waals surface area contributed by atoms with Gasteiger partial charge in [-0.15, -0.1) is 0 Å². The van der Waals surface area contributed by atoms with E-state index in [4.69, 9.17) is 11.6 Å². The van der Waals surface area contributed by atoms with E-state index in [1.54, 1.807) is 54.7 Å². The molecular formula is C20H17ClFN3O. The molecule has 1 amide bonds. The number of para-hydroxylation sites is 1. The molecule has 0 radical (unpaired) electrons. The largest absolute Gasteiger partial charge is 0.370 e. The van der Waals surface area contributed by atoms with E-state index in [-0.39, 0.29) is 11.7 Å². The summed E-state index contributed by atoms with van der Waals surface area (Å²) in [6.45, 7) is 0.619. The Morgan fingerprint density at radius 1 is 1.08 bits per heavy atom. The van der Waals surface area contributed by atoms with Crippen LogP contribution in [-0.4, -0.2) is 17.4 Å². The summed E-state index contributed by atoms with van der Waals surface area (Å²) in [4.78, 5) is 16.6. The lowest BCUT2D eigenvalue weighted by atomic mass is 10.1. The maximum absolute atomic E-state index is 12.9. The van der Waals surface area contributed by atoms with Crippen LogP contribution >= 0.6 is 11.6 Å². The zero-order valence-corrected chi connectivity index (χ0v) is 14.6. The van der Waals surface area contributed by atoms with Gasteiger partial charge in [-0.3, -0.25) is 4.79 Å². The Morgan fingerprint density at radius 2 is 1.85 bits per heavy atom. The van der Waals surface area contributed by atoms with Gasteiger partial charge in [0.2, 0.25) is 0 Å². The van der Waals surface area contributed by atoms with Gasteiger partial charge >= 0.3 is 0 Å². The van der Waals surface area contributed by atoms with Crippen LogP contribution < -0.4 is 10.6 Å². The average Bonchev–Trinajstić information content (AvgIpc) is 2.65. The smallest absolute Gasteiger partial charge is 0.255 e. The standard InChI is InChI=1S/C20H17ClFN3O/c21-17-3-1-2-4-18(17)25-20(26)15-10-12-24-19(13-15)23-11-9-14-5-7-16(22)8-6-14/h1-8,10,12-13H,9,11H2,(H,23,24)(H,25,26). The number of halogens is 2. The number of anilines is 2. The molecule has 0 aliphatic carbocycles. The third-order valence-electron chi connectivity index (χ3n) is 3.78. The fraction of sp³-hybridized carbons (Fsp3) is 0.100. The topological polar surface area (TPSA) is 54.0 Å². The van der Waals surface area contributed by atoms with Crippen LogP contribution in [0.4, 0.5) is 15.9 Å². The lowest BCUT2D eigenvalue weighted by Gasteiger charge is -2.09. The number of hydrogen-bond acceptors (Lipinski definition) is 3. The number of nitrogens with one attached hydrogen (secondary N) is 2. The summed E-state index contributed by atoms with van der Waals surface area (Å²) in [5.41, 5.74) is 2.05. The second kappa shape index (κ2) is 8.45. The Kier molecular flexibility index (Phi) is 5.81. The Morgan fingerprint density at radius 3 is 2.62 bits per heavy atom. The van der Waals surface area contributed by atoms with Crippen molar-refractivity contribution in [3.63, 3.8) is 0 Å². The number of carbonyl (C=O) groups is 1. The number of hydrogen-bond donors (Lipinski definition) is 2. The molecule has 0 unspecified atom stereocenters. The summed E-state index contributed by atoms with van der Waals surface area (Å²) < 4.78 is 12.9. The van der Waals surface area contributed by atoms with Gasteiger partial charge in [-0.25, -0.2) is 9.37 Å². The molecule has 2 N–H and O–H groups in total. The highest BCUT2D eigenvalue weighted by molar-refractivity contribution is 6.33. The first kappa shape index (κ1) is 17.9. The Balaban J connectivity index is 1.59. The third kappa shape index (κ3) is 4.80. The van der Waals surface area contributed by atoms with E-state index >= 15 is 0 Å². The predicted octanol–water partition coefficient (Wildman–Crippen LogP) is 4.78. The number of carbonyl (C=O) groups excluding carboxylic acids is 1. The van der Waals surface area contributed by atoms with Gasteiger partial charge in [0.15, 0.2) is 0 Å². The quantitative estimate of drug-likeness (QED) is 0.657. The number of amides is 1. The molecule has 6 heteroatoms. The molecular weight excluding hydrogens is 353 g/mol. The highest BCUT2D eigenvalue weighted by atomic mass is 35.5. The van der Waals surface area contributed by atoms with Crippen molar-refractivity contribution in [2.75, 3.05) is 17.2 Å². The zero-order chi connectivity index (χ0) is 18.4. The molecule has 0 atom stereocenters. The molecule has 3 rings (SSSR count). The van der Waals surface area contributed by atoms with Gasteiger partial charge in [0, 0.05) is 18.3 Å². The fourth-order valence-electron chi connectivity index (χ4n) is 2.41. The van der Waals surface area contributed by atoms with E-state index < -0.39 is 0 Å². The molecule has 0 fully saturated rings. The minimum Gasteiger partial charge on any atom is -0.370 e. The molecule has 0 spiro atoms. The highest BCUT2D eigenvalue weighted by Crippen LogP contribution is 2.21. The van der Waals surface area contributed by atoms with Gasteiger partial charge in [0.25, 0.3) is 5.91 Å². The molecule has 0 saturated heterocycles. The molecule has 4 nitrogen and oxygen atoms in total. The first-order valence-corrected chi connectivity index (χ1v) is 8.50. The molecule has 1 aromatic heterocycles. The minimum absolute atomic E-state index is 0.249. The van der Waals surface area contributed by atoms with Crippen LogP contribution in [0.25, 0.3) is 0 Å². The van der Waals surface area contributed by atoms with E-state index in [2.05, 4.69) is 15.6 Å². The third-order valence-corrected chi connectivity index (χ3v) is 4.11. The molecule has 1 heterocycles. The van der Waals surface area contributed by atoms with E-state index in [0.29, 0.717) is 28.6 Å². The van der Waals surface area contributed by atoms with Gasteiger partial charge < -0.3 is 10.6 Å². The first-order valence-electron chi connectivity index (χ1n) is 8.12. The highest BCUT2D eigenvalue weighted by Gasteiger charge is 2.09. The predicted molar refractivity (Wildman–Crippen MR) is 102 cm³/mol. The van der Waals surface area contributed by atoms with E-state index in [9.17, 15) is 9.18 Å². The Hall–Kier alpha value is -2.92. The second-order valence-corrected chi connectivity index (χ2v) is 6.07. The molecule has 26 heavy (non-hydrogen) atoms. The first-order chi connectivity index (χ1) is 12.6. The summed E-state index contributed by atoms with van der Waals surface area (Å²) in [6.07, 6.45) is 2.29. The minimum atomic E-state index is -0.262. The van der Waals surface area contributed by atoms with Crippen molar-refractivity contribution >= 4 is 29.0 Å². The van der Waals surface area contributed by atoms with Gasteiger partial charge in [0.1, 0.15) is 11.6 Å². The monoisotopic (exact) mass is 369 g/mol. The van der Waals surface area contributed by atoms with Crippen molar-refractivity contribution in [2.45, 2.75) is 6.42 Å². The molecule has 0 aliphatic rings.